The molecule has 21 heavy (non-hydrogen) atoms. The van der Waals surface area contributed by atoms with E-state index in [1.165, 1.54) is 25.7 Å². The number of carbonyl (C=O) groups is 1. The van der Waals surface area contributed by atoms with Crippen LogP contribution in [0.3, 0.4) is 0 Å². The lowest BCUT2D eigenvalue weighted by Crippen LogP contribution is -2.65. The van der Waals surface area contributed by atoms with Gasteiger partial charge < -0.3 is 10.2 Å². The largest absolute Gasteiger partial charge is 0.339 e. The summed E-state index contributed by atoms with van der Waals surface area (Å²) >= 11 is 0. The normalized spacial score (nSPS) is 27.5. The molecule has 1 saturated carbocycles. The first-order chi connectivity index (χ1) is 9.90. The van der Waals surface area contributed by atoms with Gasteiger partial charge in [-0.1, -0.05) is 40.5 Å². The lowest BCUT2D eigenvalue weighted by atomic mass is 9.87. The summed E-state index contributed by atoms with van der Waals surface area (Å²) in [4.78, 5) is 16.5. The van der Waals surface area contributed by atoms with Crippen molar-refractivity contribution in [1.29, 1.82) is 0 Å². The first kappa shape index (κ1) is 16.8. The third-order valence-electron chi connectivity index (χ3n) is 5.04. The van der Waals surface area contributed by atoms with Crippen LogP contribution in [0.5, 0.6) is 0 Å². The molecule has 122 valence electrons. The highest BCUT2D eigenvalue weighted by Crippen LogP contribution is 2.27. The molecule has 0 unspecified atom stereocenters. The van der Waals surface area contributed by atoms with Crippen molar-refractivity contribution >= 4 is 5.91 Å². The van der Waals surface area contributed by atoms with Crippen molar-refractivity contribution in [2.75, 3.05) is 20.1 Å². The molecular formula is C17H33N3O. The number of amides is 1. The molecule has 2 rings (SSSR count). The van der Waals surface area contributed by atoms with Crippen molar-refractivity contribution in [3.63, 3.8) is 0 Å². The molecule has 4 nitrogen and oxygen atoms in total. The third-order valence-corrected chi connectivity index (χ3v) is 5.04. The van der Waals surface area contributed by atoms with Crippen molar-refractivity contribution in [1.82, 2.24) is 15.1 Å². The highest BCUT2D eigenvalue weighted by Gasteiger charge is 2.39. The molecule has 0 aromatic carbocycles. The van der Waals surface area contributed by atoms with Crippen LogP contribution in [0.2, 0.25) is 0 Å². The summed E-state index contributed by atoms with van der Waals surface area (Å²) in [5.41, 5.74) is 0. The minimum absolute atomic E-state index is 0.126. The van der Waals surface area contributed by atoms with Gasteiger partial charge in [0.15, 0.2) is 0 Å². The number of carbonyl (C=O) groups excluding carboxylic acids is 1. The lowest BCUT2D eigenvalue weighted by Gasteiger charge is -2.50. The zero-order valence-electron chi connectivity index (χ0n) is 14.4. The molecule has 1 saturated heterocycles. The number of nitrogens with one attached hydrogen (secondary N) is 1. The summed E-state index contributed by atoms with van der Waals surface area (Å²) < 4.78 is 0. The summed E-state index contributed by atoms with van der Waals surface area (Å²) in [6.45, 7) is 10.3. The van der Waals surface area contributed by atoms with Gasteiger partial charge in [-0.3, -0.25) is 9.69 Å². The molecule has 2 fully saturated rings. The smallest absolute Gasteiger partial charge is 0.225 e. The van der Waals surface area contributed by atoms with E-state index in [9.17, 15) is 4.79 Å². The fraction of sp³-hybridized carbons (Fsp3) is 0.941. The zero-order valence-corrected chi connectivity index (χ0v) is 14.4. The molecule has 0 spiro atoms. The van der Waals surface area contributed by atoms with Crippen molar-refractivity contribution in [2.45, 2.75) is 77.5 Å². The van der Waals surface area contributed by atoms with Crippen molar-refractivity contribution in [2.24, 2.45) is 5.92 Å². The third kappa shape index (κ3) is 3.98. The van der Waals surface area contributed by atoms with Gasteiger partial charge in [0.25, 0.3) is 0 Å². The summed E-state index contributed by atoms with van der Waals surface area (Å²) in [5.74, 6) is 0.432. The molecule has 0 bridgehead atoms. The van der Waals surface area contributed by atoms with Gasteiger partial charge in [-0.05, 0) is 19.9 Å². The number of hydrogen-bond acceptors (Lipinski definition) is 3. The predicted molar refractivity (Wildman–Crippen MR) is 87.3 cm³/mol. The molecule has 1 heterocycles. The maximum absolute atomic E-state index is 12.0. The van der Waals surface area contributed by atoms with E-state index in [0.717, 1.165) is 13.1 Å². The Kier molecular flexibility index (Phi) is 5.67. The summed E-state index contributed by atoms with van der Waals surface area (Å²) in [5, 5.41) is 3.75. The Balaban J connectivity index is 1.87. The summed E-state index contributed by atoms with van der Waals surface area (Å²) in [6, 6.07) is 2.33. The van der Waals surface area contributed by atoms with Crippen LogP contribution in [0.4, 0.5) is 0 Å². The molecule has 1 aliphatic heterocycles. The molecule has 2 aliphatic rings. The molecule has 0 radical (unpaired) electrons. The van der Waals surface area contributed by atoms with Crippen molar-refractivity contribution in [3.8, 4) is 0 Å². The highest BCUT2D eigenvalue weighted by atomic mass is 16.2. The second kappa shape index (κ2) is 7.10. The first-order valence-electron chi connectivity index (χ1n) is 8.67. The molecule has 2 atom stereocenters. The van der Waals surface area contributed by atoms with Crippen molar-refractivity contribution in [3.05, 3.63) is 0 Å². The minimum Gasteiger partial charge on any atom is -0.339 e. The van der Waals surface area contributed by atoms with E-state index >= 15 is 0 Å². The Morgan fingerprint density at radius 3 is 2.33 bits per heavy atom. The van der Waals surface area contributed by atoms with E-state index in [0.29, 0.717) is 30.1 Å². The first-order valence-corrected chi connectivity index (χ1v) is 8.67. The van der Waals surface area contributed by atoms with Crippen LogP contribution in [0.15, 0.2) is 0 Å². The maximum atomic E-state index is 12.0. The molecule has 1 amide bonds. The van der Waals surface area contributed by atoms with Gasteiger partial charge in [-0.25, -0.2) is 0 Å². The minimum atomic E-state index is 0.126. The van der Waals surface area contributed by atoms with Crippen LogP contribution in [0.25, 0.3) is 0 Å². The van der Waals surface area contributed by atoms with Crippen LogP contribution < -0.4 is 5.32 Å². The van der Waals surface area contributed by atoms with Crippen LogP contribution in [0, 0.1) is 5.92 Å². The fourth-order valence-electron chi connectivity index (χ4n) is 3.75. The summed E-state index contributed by atoms with van der Waals surface area (Å²) in [7, 11) is 2.26. The van der Waals surface area contributed by atoms with Gasteiger partial charge >= 0.3 is 0 Å². The number of rotatable bonds is 5. The standard InChI is InChI=1S/C17H33N3O/c1-12(2)17(21)20-10-14(11-20)19(5)16-9-7-6-8-15(16)18-13(3)4/h12-16,18H,6-11H2,1-5H3/t15-,16-/m0/s1. The Hall–Kier alpha value is -0.610. The number of likely N-dealkylation sites (tertiary alicyclic amines) is 1. The van der Waals surface area contributed by atoms with Crippen LogP contribution in [-0.2, 0) is 4.79 Å². The Bertz CT molecular complexity index is 350. The van der Waals surface area contributed by atoms with E-state index in [2.05, 4.69) is 31.1 Å². The van der Waals surface area contributed by atoms with Gasteiger partial charge in [0, 0.05) is 43.2 Å². The van der Waals surface area contributed by atoms with E-state index in [-0.39, 0.29) is 5.92 Å². The monoisotopic (exact) mass is 295 g/mol. The second-order valence-electron chi connectivity index (χ2n) is 7.50. The quantitative estimate of drug-likeness (QED) is 0.843. The van der Waals surface area contributed by atoms with Gasteiger partial charge in [0.2, 0.25) is 5.91 Å². The van der Waals surface area contributed by atoms with Crippen LogP contribution in [0.1, 0.15) is 53.4 Å². The number of hydrogen-bond donors (Lipinski definition) is 1. The molecule has 0 aromatic rings. The average molecular weight is 295 g/mol. The topological polar surface area (TPSA) is 35.6 Å². The van der Waals surface area contributed by atoms with Gasteiger partial charge in [0.05, 0.1) is 0 Å². The maximum Gasteiger partial charge on any atom is 0.225 e. The lowest BCUT2D eigenvalue weighted by molar-refractivity contribution is -0.142. The molecule has 1 N–H and O–H groups in total. The predicted octanol–water partition coefficient (Wildman–Crippen LogP) is 2.09. The Morgan fingerprint density at radius 1 is 1.14 bits per heavy atom. The second-order valence-corrected chi connectivity index (χ2v) is 7.50. The Labute approximate surface area is 130 Å². The highest BCUT2D eigenvalue weighted by molar-refractivity contribution is 5.79. The van der Waals surface area contributed by atoms with E-state index in [1.54, 1.807) is 0 Å². The summed E-state index contributed by atoms with van der Waals surface area (Å²) in [6.07, 6.45) is 5.26. The average Bonchev–Trinajstić information content (AvgIpc) is 2.36. The zero-order chi connectivity index (χ0) is 15.6. The van der Waals surface area contributed by atoms with Crippen molar-refractivity contribution < 1.29 is 4.79 Å². The van der Waals surface area contributed by atoms with E-state index in [1.807, 2.05) is 18.7 Å². The Morgan fingerprint density at radius 2 is 1.76 bits per heavy atom. The van der Waals surface area contributed by atoms with Crippen LogP contribution in [-0.4, -0.2) is 60.0 Å². The fourth-order valence-corrected chi connectivity index (χ4v) is 3.75. The van der Waals surface area contributed by atoms with Gasteiger partial charge in [-0.15, -0.1) is 0 Å². The van der Waals surface area contributed by atoms with Gasteiger partial charge in [0.1, 0.15) is 0 Å². The molecular weight excluding hydrogens is 262 g/mol. The molecule has 1 aliphatic carbocycles. The number of likely N-dealkylation sites (N-methyl/N-ethyl adjacent to an activating group) is 1. The SMILES string of the molecule is CC(C)N[C@H]1CCCC[C@@H]1N(C)C1CN(C(=O)C(C)C)C1. The number of nitrogens with zero attached hydrogens (tertiary/aromatic N) is 2. The molecule has 4 heteroatoms. The molecule has 0 aromatic heterocycles. The van der Waals surface area contributed by atoms with Gasteiger partial charge in [-0.2, -0.15) is 0 Å². The van der Waals surface area contributed by atoms with E-state index in [4.69, 9.17) is 0 Å². The van der Waals surface area contributed by atoms with E-state index < -0.39 is 0 Å². The van der Waals surface area contributed by atoms with Crippen LogP contribution >= 0.6 is 0 Å².